The Balaban J connectivity index is 1.67. The average Bonchev–Trinajstić information content (AvgIpc) is 2.97. The van der Waals surface area contributed by atoms with E-state index in [0.29, 0.717) is 5.92 Å². The zero-order valence-electron chi connectivity index (χ0n) is 14.0. The fourth-order valence-electron chi connectivity index (χ4n) is 2.76. The first kappa shape index (κ1) is 16.1. The highest BCUT2D eigenvalue weighted by Crippen LogP contribution is 2.26. The van der Waals surface area contributed by atoms with Crippen molar-refractivity contribution in [1.82, 2.24) is 20.4 Å². The van der Waals surface area contributed by atoms with Gasteiger partial charge in [0.2, 0.25) is 0 Å². The third-order valence-electron chi connectivity index (χ3n) is 4.33. The maximum Gasteiger partial charge on any atom is 0.261 e. The Bertz CT molecular complexity index is 846. The highest BCUT2D eigenvalue weighted by Gasteiger charge is 2.19. The maximum absolute atomic E-state index is 12.2. The van der Waals surface area contributed by atoms with Crippen molar-refractivity contribution in [1.29, 1.82) is 0 Å². The highest BCUT2D eigenvalue weighted by atomic mass is 16.2. The van der Waals surface area contributed by atoms with Gasteiger partial charge in [0.15, 0.2) is 0 Å². The predicted molar refractivity (Wildman–Crippen MR) is 94.4 cm³/mol. The molecule has 3 rings (SSSR count). The molecular formula is C18H21N5O. The van der Waals surface area contributed by atoms with E-state index in [1.165, 1.54) is 0 Å². The van der Waals surface area contributed by atoms with Crippen LogP contribution in [0.25, 0.3) is 11.0 Å². The summed E-state index contributed by atoms with van der Waals surface area (Å²) in [4.78, 5) is 12.2. The molecule has 1 atom stereocenters. The minimum absolute atomic E-state index is 0.0873. The smallest absolute Gasteiger partial charge is 0.261 e. The number of aromatic nitrogens is 3. The molecule has 1 aliphatic rings. The van der Waals surface area contributed by atoms with E-state index in [9.17, 15) is 4.79 Å². The Morgan fingerprint density at radius 3 is 3.04 bits per heavy atom. The Kier molecular flexibility index (Phi) is 4.55. The van der Waals surface area contributed by atoms with Crippen molar-refractivity contribution < 1.29 is 4.79 Å². The number of amides is 1. The third kappa shape index (κ3) is 3.42. The minimum atomic E-state index is -0.219. The molecule has 1 aromatic heterocycles. The van der Waals surface area contributed by atoms with Crippen molar-refractivity contribution >= 4 is 22.7 Å². The topological polar surface area (TPSA) is 72.2 Å². The van der Waals surface area contributed by atoms with Crippen LogP contribution in [0.15, 0.2) is 53.2 Å². The second-order valence-electron chi connectivity index (χ2n) is 6.20. The Morgan fingerprint density at radius 1 is 1.46 bits per heavy atom. The number of carbonyl (C=O) groups is 1. The van der Waals surface area contributed by atoms with Gasteiger partial charge in [-0.1, -0.05) is 35.6 Å². The fourth-order valence-corrected chi connectivity index (χ4v) is 2.76. The van der Waals surface area contributed by atoms with Crippen LogP contribution in [-0.4, -0.2) is 26.6 Å². The van der Waals surface area contributed by atoms with E-state index in [4.69, 9.17) is 0 Å². The fraction of sp³-hybridized carbons (Fsp3) is 0.333. The number of carbonyl (C=O) groups excluding carboxylic acids is 1. The molecule has 0 unspecified atom stereocenters. The summed E-state index contributed by atoms with van der Waals surface area (Å²) < 4.78 is 1.57. The zero-order chi connectivity index (χ0) is 17.1. The van der Waals surface area contributed by atoms with Crippen LogP contribution in [0.5, 0.6) is 0 Å². The second-order valence-corrected chi connectivity index (χ2v) is 6.20. The van der Waals surface area contributed by atoms with E-state index in [2.05, 4.69) is 33.5 Å². The summed E-state index contributed by atoms with van der Waals surface area (Å²) in [7, 11) is 0. The standard InChI is InChI=1S/C18H21N5O/c1-12(2)14-9-8-13(3)16(10-14)19-21-18(24)11-23-17-7-5-4-6-15(17)20-22-23/h4-8,14H,1,9-11H2,2-3H3,(H,21,24)/b19-16-/t14-/m0/s1. The van der Waals surface area contributed by atoms with Crippen molar-refractivity contribution in [2.75, 3.05) is 0 Å². The number of benzene rings is 1. The minimum Gasteiger partial charge on any atom is -0.271 e. The first-order chi connectivity index (χ1) is 11.5. The molecule has 0 radical (unpaired) electrons. The molecule has 1 aromatic carbocycles. The number of nitrogens with one attached hydrogen (secondary N) is 1. The van der Waals surface area contributed by atoms with Gasteiger partial charge in [-0.05, 0) is 50.3 Å². The monoisotopic (exact) mass is 323 g/mol. The number of hydrogen-bond acceptors (Lipinski definition) is 4. The van der Waals surface area contributed by atoms with Crippen molar-refractivity contribution in [3.8, 4) is 0 Å². The van der Waals surface area contributed by atoms with Gasteiger partial charge in [0.1, 0.15) is 12.1 Å². The van der Waals surface area contributed by atoms with Gasteiger partial charge in [0, 0.05) is 0 Å². The molecule has 24 heavy (non-hydrogen) atoms. The molecule has 0 saturated heterocycles. The van der Waals surface area contributed by atoms with Crippen LogP contribution >= 0.6 is 0 Å². The largest absolute Gasteiger partial charge is 0.271 e. The molecule has 124 valence electrons. The molecule has 1 N–H and O–H groups in total. The van der Waals surface area contributed by atoms with Gasteiger partial charge < -0.3 is 0 Å². The normalized spacial score (nSPS) is 19.3. The number of rotatable bonds is 4. The molecule has 1 heterocycles. The van der Waals surface area contributed by atoms with Gasteiger partial charge >= 0.3 is 0 Å². The zero-order valence-corrected chi connectivity index (χ0v) is 14.0. The second kappa shape index (κ2) is 6.78. The van der Waals surface area contributed by atoms with Gasteiger partial charge in [0.05, 0.1) is 11.2 Å². The molecule has 0 aliphatic heterocycles. The van der Waals surface area contributed by atoms with Crippen LogP contribution in [0.3, 0.4) is 0 Å². The first-order valence-electron chi connectivity index (χ1n) is 8.00. The van der Waals surface area contributed by atoms with Crippen LogP contribution in [-0.2, 0) is 11.3 Å². The molecule has 1 amide bonds. The molecule has 0 saturated carbocycles. The maximum atomic E-state index is 12.2. The van der Waals surface area contributed by atoms with E-state index < -0.39 is 0 Å². The quantitative estimate of drug-likeness (QED) is 0.694. The van der Waals surface area contributed by atoms with Crippen LogP contribution in [0.1, 0.15) is 26.7 Å². The lowest BCUT2D eigenvalue weighted by molar-refractivity contribution is -0.121. The van der Waals surface area contributed by atoms with E-state index in [1.54, 1.807) is 4.68 Å². The molecule has 0 fully saturated rings. The number of hydrogen-bond donors (Lipinski definition) is 1. The lowest BCUT2D eigenvalue weighted by atomic mass is 9.85. The Hall–Kier alpha value is -2.76. The Morgan fingerprint density at radius 2 is 2.25 bits per heavy atom. The van der Waals surface area contributed by atoms with Crippen molar-refractivity contribution in [3.63, 3.8) is 0 Å². The lowest BCUT2D eigenvalue weighted by Crippen LogP contribution is -2.26. The molecule has 0 spiro atoms. The summed E-state index contributed by atoms with van der Waals surface area (Å²) >= 11 is 0. The lowest BCUT2D eigenvalue weighted by Gasteiger charge is -2.22. The van der Waals surface area contributed by atoms with Crippen LogP contribution < -0.4 is 5.43 Å². The summed E-state index contributed by atoms with van der Waals surface area (Å²) in [6.07, 6.45) is 3.95. The van der Waals surface area contributed by atoms with Crippen molar-refractivity contribution in [3.05, 3.63) is 48.1 Å². The van der Waals surface area contributed by atoms with Crippen LogP contribution in [0, 0.1) is 5.92 Å². The molecule has 2 aromatic rings. The summed E-state index contributed by atoms with van der Waals surface area (Å²) in [5.41, 5.74) is 7.40. The molecule has 6 nitrogen and oxygen atoms in total. The van der Waals surface area contributed by atoms with Gasteiger partial charge in [-0.25, -0.2) is 10.1 Å². The number of fused-ring (bicyclic) bond motifs is 1. The van der Waals surface area contributed by atoms with Crippen LogP contribution in [0.4, 0.5) is 0 Å². The SMILES string of the molecule is C=C(C)[C@H]1CC=C(C)/C(=N\NC(=O)Cn2nnc3ccccc32)C1. The molecule has 6 heteroatoms. The van der Waals surface area contributed by atoms with Crippen molar-refractivity contribution in [2.24, 2.45) is 11.0 Å². The van der Waals surface area contributed by atoms with Gasteiger partial charge in [0.25, 0.3) is 5.91 Å². The first-order valence-corrected chi connectivity index (χ1v) is 8.00. The molecule has 1 aliphatic carbocycles. The number of para-hydroxylation sites is 1. The summed E-state index contributed by atoms with van der Waals surface area (Å²) in [6.45, 7) is 8.16. The van der Waals surface area contributed by atoms with E-state index in [-0.39, 0.29) is 12.5 Å². The number of allylic oxidation sites excluding steroid dienone is 3. The number of nitrogens with zero attached hydrogens (tertiary/aromatic N) is 4. The Labute approximate surface area is 140 Å². The third-order valence-corrected chi connectivity index (χ3v) is 4.33. The van der Waals surface area contributed by atoms with Crippen molar-refractivity contribution in [2.45, 2.75) is 33.2 Å². The summed E-state index contributed by atoms with van der Waals surface area (Å²) in [5, 5.41) is 12.4. The van der Waals surface area contributed by atoms with Gasteiger partial charge in [-0.15, -0.1) is 5.10 Å². The number of hydrazone groups is 1. The average molecular weight is 323 g/mol. The summed E-state index contributed by atoms with van der Waals surface area (Å²) in [5.74, 6) is 0.173. The summed E-state index contributed by atoms with van der Waals surface area (Å²) in [6, 6.07) is 7.54. The van der Waals surface area contributed by atoms with Gasteiger partial charge in [-0.2, -0.15) is 5.10 Å². The molecular weight excluding hydrogens is 302 g/mol. The highest BCUT2D eigenvalue weighted by molar-refractivity contribution is 6.01. The van der Waals surface area contributed by atoms with E-state index in [1.807, 2.05) is 38.1 Å². The van der Waals surface area contributed by atoms with Crippen LogP contribution in [0.2, 0.25) is 0 Å². The van der Waals surface area contributed by atoms with E-state index >= 15 is 0 Å². The van der Waals surface area contributed by atoms with E-state index in [0.717, 1.165) is 40.7 Å². The van der Waals surface area contributed by atoms with Gasteiger partial charge in [-0.3, -0.25) is 4.79 Å². The predicted octanol–water partition coefficient (Wildman–Crippen LogP) is 2.84. The molecule has 0 bridgehead atoms.